The first-order valence-electron chi connectivity index (χ1n) is 14.8. The van der Waals surface area contributed by atoms with Gasteiger partial charge in [0.1, 0.15) is 11.2 Å². The van der Waals surface area contributed by atoms with Gasteiger partial charge in [0.25, 0.3) is 0 Å². The first-order chi connectivity index (χ1) is 21.8. The van der Waals surface area contributed by atoms with Crippen LogP contribution in [0.15, 0.2) is 156 Å². The third-order valence-corrected chi connectivity index (χ3v) is 8.41. The summed E-state index contributed by atoms with van der Waals surface area (Å²) in [7, 11) is 0. The zero-order valence-corrected chi connectivity index (χ0v) is 23.7. The van der Waals surface area contributed by atoms with Crippen LogP contribution < -0.4 is 0 Å². The SMILES string of the molecule is c1ccc(-c2nc(-c3ccccc3)c(-n3c4ccccc4c4c5oc6ccccc6c5ccc43)c(-c3ccccc3)n2)cc1. The highest BCUT2D eigenvalue weighted by Crippen LogP contribution is 2.44. The molecule has 0 N–H and O–H groups in total. The summed E-state index contributed by atoms with van der Waals surface area (Å²) in [6, 6.07) is 52.3. The van der Waals surface area contributed by atoms with Crippen molar-refractivity contribution < 1.29 is 4.42 Å². The van der Waals surface area contributed by atoms with E-state index in [0.29, 0.717) is 5.82 Å². The molecule has 0 aliphatic carbocycles. The number of para-hydroxylation sites is 2. The molecule has 9 rings (SSSR count). The lowest BCUT2D eigenvalue weighted by molar-refractivity contribution is 0.673. The molecule has 0 saturated heterocycles. The third kappa shape index (κ3) is 3.71. The molecule has 44 heavy (non-hydrogen) atoms. The Labute approximate surface area is 253 Å². The second kappa shape index (κ2) is 9.79. The fourth-order valence-corrected chi connectivity index (χ4v) is 6.45. The molecule has 0 amide bonds. The van der Waals surface area contributed by atoms with Gasteiger partial charge in [-0.05, 0) is 24.3 Å². The van der Waals surface area contributed by atoms with E-state index in [0.717, 1.165) is 77.5 Å². The molecule has 0 spiro atoms. The maximum absolute atomic E-state index is 6.59. The fraction of sp³-hybridized carbons (Fsp3) is 0. The van der Waals surface area contributed by atoms with Crippen LogP contribution in [0.2, 0.25) is 0 Å². The summed E-state index contributed by atoms with van der Waals surface area (Å²) in [5.41, 5.74) is 9.58. The normalized spacial score (nSPS) is 11.6. The number of hydrogen-bond donors (Lipinski definition) is 0. The minimum absolute atomic E-state index is 0.687. The van der Waals surface area contributed by atoms with Gasteiger partial charge in [0.05, 0.1) is 33.5 Å². The smallest absolute Gasteiger partial charge is 0.160 e. The molecule has 0 fully saturated rings. The van der Waals surface area contributed by atoms with Gasteiger partial charge >= 0.3 is 0 Å². The number of hydrogen-bond acceptors (Lipinski definition) is 3. The Morgan fingerprint density at radius 2 is 0.977 bits per heavy atom. The summed E-state index contributed by atoms with van der Waals surface area (Å²) in [6.45, 7) is 0. The van der Waals surface area contributed by atoms with Crippen LogP contribution in [0.4, 0.5) is 0 Å². The van der Waals surface area contributed by atoms with Gasteiger partial charge in [0, 0.05) is 32.8 Å². The Morgan fingerprint density at radius 1 is 0.432 bits per heavy atom. The Hall–Kier alpha value is -6.00. The second-order valence-electron chi connectivity index (χ2n) is 11.0. The highest BCUT2D eigenvalue weighted by atomic mass is 16.3. The zero-order chi connectivity index (χ0) is 29.0. The monoisotopic (exact) mass is 563 g/mol. The van der Waals surface area contributed by atoms with E-state index >= 15 is 0 Å². The van der Waals surface area contributed by atoms with Crippen molar-refractivity contribution in [1.29, 1.82) is 0 Å². The summed E-state index contributed by atoms with van der Waals surface area (Å²) in [5, 5.41) is 4.43. The zero-order valence-electron chi connectivity index (χ0n) is 23.7. The van der Waals surface area contributed by atoms with Crippen LogP contribution in [0.3, 0.4) is 0 Å². The standard InChI is InChI=1S/C40H25N3O/c1-4-14-26(15-5-1)36-38(37(27-16-6-2-7-17-27)42-40(41-36)28-18-8-3-9-19-28)43-32-22-12-10-21-31(32)35-33(43)25-24-30-29-20-11-13-23-34(29)44-39(30)35/h1-25H. The average Bonchev–Trinajstić information content (AvgIpc) is 3.64. The van der Waals surface area contributed by atoms with Crippen LogP contribution in [-0.4, -0.2) is 14.5 Å². The van der Waals surface area contributed by atoms with Crippen molar-refractivity contribution in [3.63, 3.8) is 0 Å². The van der Waals surface area contributed by atoms with Crippen LogP contribution >= 0.6 is 0 Å². The number of aromatic nitrogens is 3. The van der Waals surface area contributed by atoms with Gasteiger partial charge in [-0.25, -0.2) is 9.97 Å². The quantitative estimate of drug-likeness (QED) is 0.214. The van der Waals surface area contributed by atoms with E-state index in [1.54, 1.807) is 0 Å². The maximum atomic E-state index is 6.59. The molecule has 9 aromatic rings. The molecule has 0 radical (unpaired) electrons. The fourth-order valence-electron chi connectivity index (χ4n) is 6.45. The van der Waals surface area contributed by atoms with Crippen molar-refractivity contribution in [2.75, 3.05) is 0 Å². The Balaban J connectivity index is 1.48. The molecule has 0 unspecified atom stereocenters. The number of furan rings is 1. The highest BCUT2D eigenvalue weighted by molar-refractivity contribution is 6.24. The molecule has 0 atom stereocenters. The lowest BCUT2D eigenvalue weighted by Gasteiger charge is -2.19. The van der Waals surface area contributed by atoms with E-state index < -0.39 is 0 Å². The molecule has 0 aliphatic rings. The van der Waals surface area contributed by atoms with Crippen molar-refractivity contribution in [3.05, 3.63) is 152 Å². The van der Waals surface area contributed by atoms with Crippen molar-refractivity contribution in [2.45, 2.75) is 0 Å². The van der Waals surface area contributed by atoms with Crippen molar-refractivity contribution >= 4 is 43.7 Å². The molecule has 3 heterocycles. The van der Waals surface area contributed by atoms with Crippen LogP contribution in [-0.2, 0) is 0 Å². The molecule has 6 aromatic carbocycles. The molecular formula is C40H25N3O. The lowest BCUT2D eigenvalue weighted by atomic mass is 10.0. The molecule has 0 bridgehead atoms. The summed E-state index contributed by atoms with van der Waals surface area (Å²) < 4.78 is 8.92. The van der Waals surface area contributed by atoms with Gasteiger partial charge in [-0.3, -0.25) is 0 Å². The number of benzene rings is 6. The third-order valence-electron chi connectivity index (χ3n) is 8.41. The van der Waals surface area contributed by atoms with E-state index in [-0.39, 0.29) is 0 Å². The van der Waals surface area contributed by atoms with Gasteiger partial charge in [-0.15, -0.1) is 0 Å². The average molecular weight is 564 g/mol. The first kappa shape index (κ1) is 24.6. The van der Waals surface area contributed by atoms with E-state index in [2.05, 4.69) is 114 Å². The number of rotatable bonds is 4. The molecule has 206 valence electrons. The van der Waals surface area contributed by atoms with Gasteiger partial charge < -0.3 is 8.98 Å². The van der Waals surface area contributed by atoms with Gasteiger partial charge in [-0.1, -0.05) is 127 Å². The van der Waals surface area contributed by atoms with Crippen LogP contribution in [0.5, 0.6) is 0 Å². The summed E-state index contributed by atoms with van der Waals surface area (Å²) in [5.74, 6) is 0.687. The molecular weight excluding hydrogens is 538 g/mol. The minimum Gasteiger partial charge on any atom is -0.455 e. The molecule has 0 aliphatic heterocycles. The summed E-state index contributed by atoms with van der Waals surface area (Å²) >= 11 is 0. The number of fused-ring (bicyclic) bond motifs is 7. The first-order valence-corrected chi connectivity index (χ1v) is 14.8. The highest BCUT2D eigenvalue weighted by Gasteiger charge is 2.25. The Bertz CT molecular complexity index is 2420. The van der Waals surface area contributed by atoms with Crippen LogP contribution in [0.1, 0.15) is 0 Å². The van der Waals surface area contributed by atoms with E-state index in [9.17, 15) is 0 Å². The topological polar surface area (TPSA) is 43.9 Å². The van der Waals surface area contributed by atoms with Gasteiger partial charge in [0.15, 0.2) is 5.82 Å². The number of nitrogens with zero attached hydrogens (tertiary/aromatic N) is 3. The van der Waals surface area contributed by atoms with Gasteiger partial charge in [-0.2, -0.15) is 0 Å². The van der Waals surface area contributed by atoms with E-state index in [1.807, 2.05) is 42.5 Å². The van der Waals surface area contributed by atoms with Crippen LogP contribution in [0, 0.1) is 0 Å². The Kier molecular flexibility index (Phi) is 5.47. The van der Waals surface area contributed by atoms with Crippen LogP contribution in [0.25, 0.3) is 83.3 Å². The molecule has 3 aromatic heterocycles. The predicted molar refractivity (Wildman–Crippen MR) is 180 cm³/mol. The van der Waals surface area contributed by atoms with Crippen molar-refractivity contribution in [2.24, 2.45) is 0 Å². The molecule has 4 heteroatoms. The predicted octanol–water partition coefficient (Wildman–Crippen LogP) is 10.5. The largest absolute Gasteiger partial charge is 0.455 e. The second-order valence-corrected chi connectivity index (χ2v) is 11.0. The molecule has 0 saturated carbocycles. The van der Waals surface area contributed by atoms with Crippen molar-refractivity contribution in [3.8, 4) is 39.6 Å². The summed E-state index contributed by atoms with van der Waals surface area (Å²) in [6.07, 6.45) is 0. The summed E-state index contributed by atoms with van der Waals surface area (Å²) in [4.78, 5) is 10.6. The van der Waals surface area contributed by atoms with Gasteiger partial charge in [0.2, 0.25) is 0 Å². The lowest BCUT2D eigenvalue weighted by Crippen LogP contribution is -2.06. The molecule has 4 nitrogen and oxygen atoms in total. The van der Waals surface area contributed by atoms with Crippen molar-refractivity contribution in [1.82, 2.24) is 14.5 Å². The van der Waals surface area contributed by atoms with E-state index in [4.69, 9.17) is 14.4 Å². The maximum Gasteiger partial charge on any atom is 0.160 e. The Morgan fingerprint density at radius 3 is 1.64 bits per heavy atom. The minimum atomic E-state index is 0.687. The van der Waals surface area contributed by atoms with E-state index in [1.165, 1.54) is 0 Å².